The van der Waals surface area contributed by atoms with Gasteiger partial charge in [0, 0.05) is 11.6 Å². The van der Waals surface area contributed by atoms with Crippen LogP contribution in [0.5, 0.6) is 5.75 Å². The topological polar surface area (TPSA) is 46.6 Å². The summed E-state index contributed by atoms with van der Waals surface area (Å²) in [5.41, 5.74) is 0.233. The fraction of sp³-hybridized carbons (Fsp3) is 0.100. The SMILES string of the molecule is COc1ccc(N(Cc2ccc(F)cc2F)S(=O)(=O)c2ccc(F)cc2)cc1. The lowest BCUT2D eigenvalue weighted by molar-refractivity contribution is 0.415. The molecule has 3 aromatic rings. The molecule has 0 fully saturated rings. The second-order valence-corrected chi connectivity index (χ2v) is 7.76. The Balaban J connectivity index is 2.08. The fourth-order valence-corrected chi connectivity index (χ4v) is 4.04. The molecule has 0 aliphatic carbocycles. The zero-order valence-electron chi connectivity index (χ0n) is 14.8. The van der Waals surface area contributed by atoms with Crippen LogP contribution < -0.4 is 9.04 Å². The van der Waals surface area contributed by atoms with Crippen molar-refractivity contribution in [1.29, 1.82) is 0 Å². The van der Waals surface area contributed by atoms with Gasteiger partial charge in [-0.1, -0.05) is 6.07 Å². The van der Waals surface area contributed by atoms with Gasteiger partial charge in [0.05, 0.1) is 24.2 Å². The Morgan fingerprint density at radius 3 is 2.04 bits per heavy atom. The molecule has 0 spiro atoms. The Morgan fingerprint density at radius 1 is 0.857 bits per heavy atom. The van der Waals surface area contributed by atoms with Gasteiger partial charge in [0.2, 0.25) is 0 Å². The zero-order valence-corrected chi connectivity index (χ0v) is 15.6. The van der Waals surface area contributed by atoms with Crippen LogP contribution in [-0.4, -0.2) is 15.5 Å². The lowest BCUT2D eigenvalue weighted by Crippen LogP contribution is -2.31. The van der Waals surface area contributed by atoms with Crippen molar-refractivity contribution in [3.63, 3.8) is 0 Å². The van der Waals surface area contributed by atoms with E-state index in [1.165, 1.54) is 25.3 Å². The molecule has 3 aromatic carbocycles. The molecule has 3 rings (SSSR count). The number of ether oxygens (including phenoxy) is 1. The molecule has 0 aliphatic rings. The molecule has 0 bridgehead atoms. The highest BCUT2D eigenvalue weighted by atomic mass is 32.2. The quantitative estimate of drug-likeness (QED) is 0.604. The molecule has 28 heavy (non-hydrogen) atoms. The van der Waals surface area contributed by atoms with Gasteiger partial charge in [-0.15, -0.1) is 0 Å². The van der Waals surface area contributed by atoms with Gasteiger partial charge in [-0.2, -0.15) is 0 Å². The highest BCUT2D eigenvalue weighted by molar-refractivity contribution is 7.92. The summed E-state index contributed by atoms with van der Waals surface area (Å²) in [4.78, 5) is -0.160. The van der Waals surface area contributed by atoms with Crippen LogP contribution in [0.25, 0.3) is 0 Å². The van der Waals surface area contributed by atoms with Gasteiger partial charge in [0.25, 0.3) is 10.0 Å². The lowest BCUT2D eigenvalue weighted by atomic mass is 10.2. The van der Waals surface area contributed by atoms with Crippen molar-refractivity contribution in [3.05, 3.63) is 89.7 Å². The summed E-state index contributed by atoms with van der Waals surface area (Å²) in [5, 5.41) is 0. The largest absolute Gasteiger partial charge is 0.497 e. The molecule has 0 saturated heterocycles. The van der Waals surface area contributed by atoms with E-state index >= 15 is 0 Å². The first kappa shape index (κ1) is 19.8. The van der Waals surface area contributed by atoms with E-state index < -0.39 is 27.5 Å². The predicted molar refractivity (Wildman–Crippen MR) is 99.1 cm³/mol. The monoisotopic (exact) mass is 407 g/mol. The van der Waals surface area contributed by atoms with Crippen molar-refractivity contribution < 1.29 is 26.3 Å². The number of sulfonamides is 1. The van der Waals surface area contributed by atoms with E-state index in [4.69, 9.17) is 4.74 Å². The van der Waals surface area contributed by atoms with E-state index in [1.807, 2.05) is 0 Å². The van der Waals surface area contributed by atoms with Crippen LogP contribution >= 0.6 is 0 Å². The molecule has 0 aromatic heterocycles. The number of anilines is 1. The third-order valence-corrected chi connectivity index (χ3v) is 5.88. The molecule has 0 amide bonds. The highest BCUT2D eigenvalue weighted by Gasteiger charge is 2.26. The van der Waals surface area contributed by atoms with Crippen molar-refractivity contribution in [2.24, 2.45) is 0 Å². The summed E-state index contributed by atoms with van der Waals surface area (Å²) >= 11 is 0. The minimum atomic E-state index is -4.15. The van der Waals surface area contributed by atoms with Gasteiger partial charge in [0.1, 0.15) is 23.2 Å². The molecule has 0 N–H and O–H groups in total. The Kier molecular flexibility index (Phi) is 5.60. The molecule has 0 atom stereocenters. The maximum atomic E-state index is 14.2. The minimum Gasteiger partial charge on any atom is -0.497 e. The Labute approximate surface area is 160 Å². The summed E-state index contributed by atoms with van der Waals surface area (Å²) < 4.78 is 72.9. The number of halogens is 3. The first-order chi connectivity index (χ1) is 13.3. The van der Waals surface area contributed by atoms with Crippen LogP contribution in [0.4, 0.5) is 18.9 Å². The number of hydrogen-bond donors (Lipinski definition) is 0. The standard InChI is InChI=1S/C20H16F3NO3S/c1-27-18-8-6-17(7-9-18)24(13-14-2-3-16(22)12-20(14)23)28(25,26)19-10-4-15(21)5-11-19/h2-12H,13H2,1H3. The van der Waals surface area contributed by atoms with Crippen LogP contribution in [0.1, 0.15) is 5.56 Å². The first-order valence-corrected chi connectivity index (χ1v) is 9.61. The summed E-state index contributed by atoms with van der Waals surface area (Å²) in [5.74, 6) is -1.71. The minimum absolute atomic E-state index is 0.0112. The number of hydrogen-bond acceptors (Lipinski definition) is 3. The van der Waals surface area contributed by atoms with Gasteiger partial charge in [0.15, 0.2) is 0 Å². The highest BCUT2D eigenvalue weighted by Crippen LogP contribution is 2.28. The third kappa shape index (κ3) is 4.12. The van der Waals surface area contributed by atoms with Gasteiger partial charge in [-0.05, 0) is 54.6 Å². The first-order valence-electron chi connectivity index (χ1n) is 8.17. The van der Waals surface area contributed by atoms with E-state index in [1.54, 1.807) is 12.1 Å². The molecule has 8 heteroatoms. The second-order valence-electron chi connectivity index (χ2n) is 5.90. The predicted octanol–water partition coefficient (Wildman–Crippen LogP) is 4.51. The Hall–Kier alpha value is -3.00. The van der Waals surface area contributed by atoms with Crippen molar-refractivity contribution in [3.8, 4) is 5.75 Å². The van der Waals surface area contributed by atoms with Crippen LogP contribution in [0.2, 0.25) is 0 Å². The van der Waals surface area contributed by atoms with E-state index in [9.17, 15) is 21.6 Å². The average Bonchev–Trinajstić information content (AvgIpc) is 2.68. The molecule has 4 nitrogen and oxygen atoms in total. The average molecular weight is 407 g/mol. The van der Waals surface area contributed by atoms with E-state index in [2.05, 4.69) is 0 Å². The van der Waals surface area contributed by atoms with Crippen LogP contribution in [0.15, 0.2) is 71.6 Å². The number of methoxy groups -OCH3 is 1. The summed E-state index contributed by atoms with van der Waals surface area (Å²) in [6.45, 7) is -0.377. The normalized spacial score (nSPS) is 11.3. The van der Waals surface area contributed by atoms with Crippen molar-refractivity contribution in [2.45, 2.75) is 11.4 Å². The Bertz CT molecular complexity index is 1070. The van der Waals surface area contributed by atoms with Crippen molar-refractivity contribution >= 4 is 15.7 Å². The van der Waals surface area contributed by atoms with E-state index in [0.717, 1.165) is 34.6 Å². The second kappa shape index (κ2) is 7.93. The number of benzene rings is 3. The maximum absolute atomic E-state index is 14.2. The molecule has 0 saturated carbocycles. The van der Waals surface area contributed by atoms with Gasteiger partial charge in [-0.3, -0.25) is 4.31 Å². The van der Waals surface area contributed by atoms with E-state index in [-0.39, 0.29) is 22.7 Å². The van der Waals surface area contributed by atoms with Crippen LogP contribution in [-0.2, 0) is 16.6 Å². The third-order valence-electron chi connectivity index (χ3n) is 4.09. The van der Waals surface area contributed by atoms with Crippen molar-refractivity contribution in [2.75, 3.05) is 11.4 Å². The molecule has 0 heterocycles. The fourth-order valence-electron chi connectivity index (χ4n) is 2.60. The molecule has 146 valence electrons. The van der Waals surface area contributed by atoms with Crippen LogP contribution in [0, 0.1) is 17.5 Å². The molecular formula is C20H16F3NO3S. The smallest absolute Gasteiger partial charge is 0.264 e. The summed E-state index contributed by atoms with van der Waals surface area (Å²) in [6, 6.07) is 13.3. The van der Waals surface area contributed by atoms with Crippen molar-refractivity contribution in [1.82, 2.24) is 0 Å². The van der Waals surface area contributed by atoms with Crippen LogP contribution in [0.3, 0.4) is 0 Å². The Morgan fingerprint density at radius 2 is 1.46 bits per heavy atom. The molecular weight excluding hydrogens is 391 g/mol. The zero-order chi connectivity index (χ0) is 20.3. The van der Waals surface area contributed by atoms with Gasteiger partial charge < -0.3 is 4.74 Å². The summed E-state index contributed by atoms with van der Waals surface area (Å²) in [6.07, 6.45) is 0. The van der Waals surface area contributed by atoms with Gasteiger partial charge >= 0.3 is 0 Å². The number of nitrogens with zero attached hydrogens (tertiary/aromatic N) is 1. The van der Waals surface area contributed by atoms with Gasteiger partial charge in [-0.25, -0.2) is 21.6 Å². The molecule has 0 radical (unpaired) electrons. The van der Waals surface area contributed by atoms with E-state index in [0.29, 0.717) is 11.8 Å². The molecule has 0 unspecified atom stereocenters. The number of rotatable bonds is 6. The maximum Gasteiger partial charge on any atom is 0.264 e. The molecule has 0 aliphatic heterocycles. The lowest BCUT2D eigenvalue weighted by Gasteiger charge is -2.25. The summed E-state index contributed by atoms with van der Waals surface area (Å²) in [7, 11) is -2.68.